The number of carbonyl (C=O) groups excluding carboxylic acids is 1. The third-order valence-corrected chi connectivity index (χ3v) is 3.20. The fourth-order valence-corrected chi connectivity index (χ4v) is 2.12. The molecule has 0 aliphatic carbocycles. The summed E-state index contributed by atoms with van der Waals surface area (Å²) in [5.74, 6) is 5.56. The molecule has 1 N–H and O–H groups in total. The third kappa shape index (κ3) is 3.35. The smallest absolute Gasteiger partial charge is 0.298 e. The topological polar surface area (TPSA) is 32.3 Å². The average Bonchev–Trinajstić information content (AvgIpc) is 2.46. The van der Waals surface area contributed by atoms with Gasteiger partial charge in [-0.15, -0.1) is 0 Å². The van der Waals surface area contributed by atoms with Crippen LogP contribution < -0.4 is 5.32 Å². The van der Waals surface area contributed by atoms with Crippen molar-refractivity contribution in [3.63, 3.8) is 0 Å². The lowest BCUT2D eigenvalue weighted by molar-refractivity contribution is -0.126. The highest BCUT2D eigenvalue weighted by atomic mass is 16.2. The molecule has 1 fully saturated rings. The molecule has 1 heterocycles. The van der Waals surface area contributed by atoms with E-state index < -0.39 is 0 Å². The highest BCUT2D eigenvalue weighted by Gasteiger charge is 2.21. The molecule has 18 heavy (non-hydrogen) atoms. The Morgan fingerprint density at radius 1 is 1.39 bits per heavy atom. The van der Waals surface area contributed by atoms with Gasteiger partial charge >= 0.3 is 0 Å². The Bertz CT molecular complexity index is 458. The van der Waals surface area contributed by atoms with Crippen LogP contribution >= 0.6 is 0 Å². The molecule has 1 amide bonds. The SMILES string of the molecule is CNC1CCCN(C(=O)C#Cc2ccccc2)C1. The van der Waals surface area contributed by atoms with E-state index in [9.17, 15) is 4.79 Å². The van der Waals surface area contributed by atoms with E-state index in [1.54, 1.807) is 0 Å². The first kappa shape index (κ1) is 12.7. The maximum atomic E-state index is 12.0. The summed E-state index contributed by atoms with van der Waals surface area (Å²) >= 11 is 0. The van der Waals surface area contributed by atoms with Gasteiger partial charge in [0.2, 0.25) is 0 Å². The molecule has 0 spiro atoms. The second kappa shape index (κ2) is 6.23. The number of nitrogens with one attached hydrogen (secondary N) is 1. The van der Waals surface area contributed by atoms with E-state index in [4.69, 9.17) is 0 Å². The molecule has 1 aromatic rings. The van der Waals surface area contributed by atoms with E-state index in [0.29, 0.717) is 6.04 Å². The minimum atomic E-state index is -0.0706. The van der Waals surface area contributed by atoms with Gasteiger partial charge < -0.3 is 10.2 Å². The fourth-order valence-electron chi connectivity index (χ4n) is 2.12. The van der Waals surface area contributed by atoms with Crippen LogP contribution in [0.4, 0.5) is 0 Å². The Balaban J connectivity index is 1.98. The van der Waals surface area contributed by atoms with Crippen molar-refractivity contribution < 1.29 is 4.79 Å². The van der Waals surface area contributed by atoms with Gasteiger partial charge in [-0.25, -0.2) is 0 Å². The summed E-state index contributed by atoms with van der Waals surface area (Å²) in [4.78, 5) is 13.8. The van der Waals surface area contributed by atoms with E-state index in [1.165, 1.54) is 0 Å². The number of benzene rings is 1. The zero-order valence-electron chi connectivity index (χ0n) is 10.6. The summed E-state index contributed by atoms with van der Waals surface area (Å²) < 4.78 is 0. The van der Waals surface area contributed by atoms with Gasteiger partial charge in [0.05, 0.1) is 0 Å². The molecule has 1 atom stereocenters. The molecule has 0 saturated carbocycles. The minimum Gasteiger partial charge on any atom is -0.330 e. The highest BCUT2D eigenvalue weighted by molar-refractivity contribution is 5.94. The van der Waals surface area contributed by atoms with Gasteiger partial charge in [-0.1, -0.05) is 24.1 Å². The van der Waals surface area contributed by atoms with Gasteiger partial charge in [0.15, 0.2) is 0 Å². The van der Waals surface area contributed by atoms with Gasteiger partial charge in [0.25, 0.3) is 5.91 Å². The third-order valence-electron chi connectivity index (χ3n) is 3.20. The van der Waals surface area contributed by atoms with E-state index in [-0.39, 0.29) is 5.91 Å². The van der Waals surface area contributed by atoms with Crippen LogP contribution in [-0.2, 0) is 4.79 Å². The molecule has 3 nitrogen and oxygen atoms in total. The lowest BCUT2D eigenvalue weighted by Gasteiger charge is -2.31. The molecular weight excluding hydrogens is 224 g/mol. The summed E-state index contributed by atoms with van der Waals surface area (Å²) in [6.07, 6.45) is 2.18. The Morgan fingerprint density at radius 2 is 2.17 bits per heavy atom. The number of carbonyl (C=O) groups is 1. The summed E-state index contributed by atoms with van der Waals surface area (Å²) in [6.45, 7) is 1.58. The van der Waals surface area contributed by atoms with Crippen LogP contribution in [-0.4, -0.2) is 37.0 Å². The van der Waals surface area contributed by atoms with E-state index in [2.05, 4.69) is 17.2 Å². The molecule has 1 aliphatic heterocycles. The lowest BCUT2D eigenvalue weighted by atomic mass is 10.1. The first-order valence-electron chi connectivity index (χ1n) is 6.33. The number of hydrogen-bond acceptors (Lipinski definition) is 2. The van der Waals surface area contributed by atoms with E-state index >= 15 is 0 Å². The molecule has 0 aromatic heterocycles. The van der Waals surface area contributed by atoms with Crippen LogP contribution in [0.15, 0.2) is 30.3 Å². The predicted octanol–water partition coefficient (Wildman–Crippen LogP) is 1.25. The average molecular weight is 242 g/mol. The molecule has 3 heteroatoms. The molecular formula is C15H18N2O. The van der Waals surface area contributed by atoms with Crippen LogP contribution in [0.25, 0.3) is 0 Å². The normalized spacial score (nSPS) is 18.9. The molecule has 1 saturated heterocycles. The van der Waals surface area contributed by atoms with Crippen molar-refractivity contribution in [3.8, 4) is 11.8 Å². The first-order chi connectivity index (χ1) is 8.79. The highest BCUT2D eigenvalue weighted by Crippen LogP contribution is 2.09. The molecule has 1 aromatic carbocycles. The zero-order valence-corrected chi connectivity index (χ0v) is 10.6. The number of hydrogen-bond donors (Lipinski definition) is 1. The van der Waals surface area contributed by atoms with Gasteiger partial charge in [-0.05, 0) is 32.0 Å². The van der Waals surface area contributed by atoms with Crippen LogP contribution in [0.1, 0.15) is 18.4 Å². The Kier molecular flexibility index (Phi) is 4.38. The van der Waals surface area contributed by atoms with Crippen molar-refractivity contribution in [1.82, 2.24) is 10.2 Å². The number of rotatable bonds is 1. The van der Waals surface area contributed by atoms with Crippen LogP contribution in [0.5, 0.6) is 0 Å². The minimum absolute atomic E-state index is 0.0706. The number of piperidine rings is 1. The Hall–Kier alpha value is -1.79. The standard InChI is InChI=1S/C15H18N2O/c1-16-14-8-5-11-17(12-14)15(18)10-9-13-6-3-2-4-7-13/h2-4,6-7,14,16H,5,8,11-12H2,1H3. The van der Waals surface area contributed by atoms with Crippen molar-refractivity contribution >= 4 is 5.91 Å². The van der Waals surface area contributed by atoms with Gasteiger partial charge in [-0.2, -0.15) is 0 Å². The number of nitrogens with zero attached hydrogens (tertiary/aromatic N) is 1. The molecule has 0 bridgehead atoms. The van der Waals surface area contributed by atoms with E-state index in [0.717, 1.165) is 31.5 Å². The lowest BCUT2D eigenvalue weighted by Crippen LogP contribution is -2.46. The maximum Gasteiger partial charge on any atom is 0.298 e. The molecule has 94 valence electrons. The Labute approximate surface area is 108 Å². The van der Waals surface area contributed by atoms with Crippen LogP contribution in [0, 0.1) is 11.8 Å². The van der Waals surface area contributed by atoms with E-state index in [1.807, 2.05) is 42.3 Å². The number of amides is 1. The second-order valence-electron chi connectivity index (χ2n) is 4.50. The van der Waals surface area contributed by atoms with Crippen molar-refractivity contribution in [2.45, 2.75) is 18.9 Å². The summed E-state index contributed by atoms with van der Waals surface area (Å²) in [7, 11) is 1.94. The molecule has 2 rings (SSSR count). The quantitative estimate of drug-likeness (QED) is 0.752. The first-order valence-corrected chi connectivity index (χ1v) is 6.33. The van der Waals surface area contributed by atoms with Gasteiger partial charge in [0.1, 0.15) is 0 Å². The van der Waals surface area contributed by atoms with Crippen molar-refractivity contribution in [2.24, 2.45) is 0 Å². The maximum absolute atomic E-state index is 12.0. The van der Waals surface area contributed by atoms with Gasteiger partial charge in [-0.3, -0.25) is 4.79 Å². The van der Waals surface area contributed by atoms with Crippen molar-refractivity contribution in [3.05, 3.63) is 35.9 Å². The van der Waals surface area contributed by atoms with Crippen molar-refractivity contribution in [2.75, 3.05) is 20.1 Å². The molecule has 0 radical (unpaired) electrons. The molecule has 1 aliphatic rings. The van der Waals surface area contributed by atoms with Crippen LogP contribution in [0.3, 0.4) is 0 Å². The number of likely N-dealkylation sites (N-methyl/N-ethyl adjacent to an activating group) is 1. The summed E-state index contributed by atoms with van der Waals surface area (Å²) in [6, 6.07) is 10.0. The summed E-state index contributed by atoms with van der Waals surface area (Å²) in [5, 5.41) is 3.22. The monoisotopic (exact) mass is 242 g/mol. The predicted molar refractivity (Wildman–Crippen MR) is 72.0 cm³/mol. The fraction of sp³-hybridized carbons (Fsp3) is 0.400. The molecule has 1 unspecified atom stereocenters. The van der Waals surface area contributed by atoms with Gasteiger partial charge in [0, 0.05) is 30.6 Å². The number of likely N-dealkylation sites (tertiary alicyclic amines) is 1. The van der Waals surface area contributed by atoms with Crippen LogP contribution in [0.2, 0.25) is 0 Å². The van der Waals surface area contributed by atoms with Crippen molar-refractivity contribution in [1.29, 1.82) is 0 Å². The Morgan fingerprint density at radius 3 is 2.89 bits per heavy atom. The zero-order chi connectivity index (χ0) is 12.8. The summed E-state index contributed by atoms with van der Waals surface area (Å²) in [5.41, 5.74) is 0.882. The second-order valence-corrected chi connectivity index (χ2v) is 4.50. The largest absolute Gasteiger partial charge is 0.330 e.